The zero-order valence-electron chi connectivity index (χ0n) is 16.7. The molecule has 0 saturated carbocycles. The molecule has 29 heavy (non-hydrogen) atoms. The van der Waals surface area contributed by atoms with Gasteiger partial charge in [-0.3, -0.25) is 4.98 Å². The molecule has 0 saturated heterocycles. The molecule has 4 rings (SSSR count). The summed E-state index contributed by atoms with van der Waals surface area (Å²) < 4.78 is 7.20. The van der Waals surface area contributed by atoms with Crippen molar-refractivity contribution in [2.75, 3.05) is 12.3 Å². The number of ether oxygens (including phenoxy) is 1. The van der Waals surface area contributed by atoms with Crippen molar-refractivity contribution >= 4 is 23.7 Å². The maximum absolute atomic E-state index is 5.98. The Labute approximate surface area is 173 Å². The van der Waals surface area contributed by atoms with Gasteiger partial charge in [0.15, 0.2) is 11.0 Å². The van der Waals surface area contributed by atoms with Crippen LogP contribution in [0, 0.1) is 6.92 Å². The van der Waals surface area contributed by atoms with Crippen molar-refractivity contribution in [1.29, 1.82) is 0 Å². The van der Waals surface area contributed by atoms with Gasteiger partial charge in [-0.05, 0) is 50.2 Å². The normalized spacial score (nSPS) is 17.0. The lowest BCUT2D eigenvalue weighted by Gasteiger charge is -2.19. The van der Waals surface area contributed by atoms with E-state index in [1.54, 1.807) is 25.1 Å². The molecule has 9 heteroatoms. The molecule has 0 radical (unpaired) electrons. The topological polar surface area (TPSA) is 77.7 Å². The molecule has 2 aromatic heterocycles. The Bertz CT molecular complexity index is 1020. The molecule has 0 amide bonds. The molecule has 0 aliphatic carbocycles. The largest absolute Gasteiger partial charge is 0.497 e. The van der Waals surface area contributed by atoms with Crippen molar-refractivity contribution in [2.45, 2.75) is 30.4 Å². The molecule has 0 bridgehead atoms. The van der Waals surface area contributed by atoms with Gasteiger partial charge in [0.2, 0.25) is 0 Å². The first-order valence-corrected chi connectivity index (χ1v) is 10.1. The molecule has 2 unspecified atom stereocenters. The van der Waals surface area contributed by atoms with Crippen LogP contribution in [0.15, 0.2) is 52.9 Å². The van der Waals surface area contributed by atoms with Crippen LogP contribution >= 0.6 is 11.8 Å². The van der Waals surface area contributed by atoms with Gasteiger partial charge < -0.3 is 9.30 Å². The molecule has 0 N–H and O–H groups in total. The standard InChI is InChI=1S/C20H22N6O2S/c1-13-11-16(9-10-21-13)26-22-12-18(28-26)14(2)29-20-24-23-19(25(20)3)15-5-7-17(27-4)8-6-15/h5-12,14,18H,1-4H3. The number of methoxy groups -OCH3 is 1. The average molecular weight is 411 g/mol. The quantitative estimate of drug-likeness (QED) is 0.576. The van der Waals surface area contributed by atoms with Crippen molar-refractivity contribution in [3.8, 4) is 17.1 Å². The van der Waals surface area contributed by atoms with Gasteiger partial charge in [-0.2, -0.15) is 5.10 Å². The fourth-order valence-electron chi connectivity index (χ4n) is 2.92. The minimum Gasteiger partial charge on any atom is -0.497 e. The Morgan fingerprint density at radius 2 is 1.97 bits per heavy atom. The molecule has 0 spiro atoms. The number of hydrogen-bond donors (Lipinski definition) is 0. The first-order valence-electron chi connectivity index (χ1n) is 9.19. The van der Waals surface area contributed by atoms with Gasteiger partial charge in [-0.25, -0.2) is 4.84 Å². The molecule has 1 aliphatic rings. The van der Waals surface area contributed by atoms with Crippen molar-refractivity contribution in [3.05, 3.63) is 48.3 Å². The van der Waals surface area contributed by atoms with E-state index in [1.807, 2.05) is 61.2 Å². The monoisotopic (exact) mass is 410 g/mol. The third-order valence-electron chi connectivity index (χ3n) is 4.58. The second-order valence-electron chi connectivity index (χ2n) is 6.68. The number of rotatable bonds is 6. The van der Waals surface area contributed by atoms with Crippen LogP contribution in [-0.2, 0) is 11.9 Å². The third kappa shape index (κ3) is 4.10. The molecule has 2 atom stereocenters. The molecule has 3 heterocycles. The fourth-order valence-corrected chi connectivity index (χ4v) is 3.84. The van der Waals surface area contributed by atoms with Gasteiger partial charge in [0, 0.05) is 29.8 Å². The molecular formula is C20H22N6O2S. The molecule has 1 aliphatic heterocycles. The van der Waals surface area contributed by atoms with E-state index in [2.05, 4.69) is 27.2 Å². The number of hydrazone groups is 1. The summed E-state index contributed by atoms with van der Waals surface area (Å²) in [6, 6.07) is 11.6. The number of pyridine rings is 1. The summed E-state index contributed by atoms with van der Waals surface area (Å²) in [5, 5.41) is 15.5. The highest BCUT2D eigenvalue weighted by atomic mass is 32.2. The van der Waals surface area contributed by atoms with Crippen molar-refractivity contribution in [1.82, 2.24) is 19.7 Å². The minimum atomic E-state index is -0.172. The van der Waals surface area contributed by atoms with Crippen LogP contribution in [0.3, 0.4) is 0 Å². The van der Waals surface area contributed by atoms with Crippen LogP contribution in [0.25, 0.3) is 11.4 Å². The predicted octanol–water partition coefficient (Wildman–Crippen LogP) is 3.48. The van der Waals surface area contributed by atoms with E-state index in [0.717, 1.165) is 33.7 Å². The van der Waals surface area contributed by atoms with Crippen LogP contribution in [0.1, 0.15) is 12.6 Å². The molecule has 0 fully saturated rings. The SMILES string of the molecule is COc1ccc(-c2nnc(SC(C)C3C=NN(c4ccnc(C)c4)O3)n2C)cc1. The summed E-state index contributed by atoms with van der Waals surface area (Å²) in [5.74, 6) is 1.61. The van der Waals surface area contributed by atoms with E-state index in [0.29, 0.717) is 0 Å². The third-order valence-corrected chi connectivity index (χ3v) is 5.78. The zero-order chi connectivity index (χ0) is 20.4. The van der Waals surface area contributed by atoms with Crippen LogP contribution in [0.4, 0.5) is 5.69 Å². The molecule has 1 aromatic carbocycles. The number of benzene rings is 1. The van der Waals surface area contributed by atoms with Gasteiger partial charge in [0.25, 0.3) is 0 Å². The number of nitrogens with zero attached hydrogens (tertiary/aromatic N) is 6. The molecular weight excluding hydrogens is 388 g/mol. The van der Waals surface area contributed by atoms with E-state index in [-0.39, 0.29) is 11.4 Å². The average Bonchev–Trinajstić information content (AvgIpc) is 3.36. The van der Waals surface area contributed by atoms with Gasteiger partial charge in [-0.15, -0.1) is 15.4 Å². The molecule has 3 aromatic rings. The Hall–Kier alpha value is -2.91. The van der Waals surface area contributed by atoms with Crippen molar-refractivity contribution in [3.63, 3.8) is 0 Å². The maximum Gasteiger partial charge on any atom is 0.191 e. The van der Waals surface area contributed by atoms with E-state index < -0.39 is 0 Å². The maximum atomic E-state index is 5.98. The lowest BCUT2D eigenvalue weighted by atomic mass is 10.2. The predicted molar refractivity (Wildman–Crippen MR) is 113 cm³/mol. The second-order valence-corrected chi connectivity index (χ2v) is 8.02. The summed E-state index contributed by atoms with van der Waals surface area (Å²) >= 11 is 1.60. The number of thioether (sulfide) groups is 1. The van der Waals surface area contributed by atoms with Crippen molar-refractivity contribution < 1.29 is 9.57 Å². The van der Waals surface area contributed by atoms with E-state index in [4.69, 9.17) is 9.57 Å². The summed E-state index contributed by atoms with van der Waals surface area (Å²) in [6.45, 7) is 4.03. The van der Waals surface area contributed by atoms with Gasteiger partial charge in [0.05, 0.1) is 19.0 Å². The molecule has 8 nitrogen and oxygen atoms in total. The van der Waals surface area contributed by atoms with E-state index >= 15 is 0 Å². The lowest BCUT2D eigenvalue weighted by molar-refractivity contribution is 0.0990. The van der Waals surface area contributed by atoms with Gasteiger partial charge in [0.1, 0.15) is 11.9 Å². The molecule has 150 valence electrons. The number of aryl methyl sites for hydroxylation is 1. The van der Waals surface area contributed by atoms with E-state index in [1.165, 1.54) is 5.17 Å². The lowest BCUT2D eigenvalue weighted by Crippen LogP contribution is -2.26. The number of aromatic nitrogens is 4. The highest BCUT2D eigenvalue weighted by molar-refractivity contribution is 7.99. The first kappa shape index (κ1) is 19.4. The van der Waals surface area contributed by atoms with Crippen LogP contribution < -0.4 is 9.91 Å². The summed E-state index contributed by atoms with van der Waals surface area (Å²) in [5.41, 5.74) is 2.75. The summed E-state index contributed by atoms with van der Waals surface area (Å²) in [7, 11) is 3.61. The smallest absolute Gasteiger partial charge is 0.191 e. The fraction of sp³-hybridized carbons (Fsp3) is 0.300. The highest BCUT2D eigenvalue weighted by Crippen LogP contribution is 2.30. The first-order chi connectivity index (χ1) is 14.0. The Morgan fingerprint density at radius 1 is 1.17 bits per heavy atom. The summed E-state index contributed by atoms with van der Waals surface area (Å²) in [4.78, 5) is 10.2. The highest BCUT2D eigenvalue weighted by Gasteiger charge is 2.28. The van der Waals surface area contributed by atoms with Crippen LogP contribution in [0.5, 0.6) is 5.75 Å². The van der Waals surface area contributed by atoms with Crippen LogP contribution in [0.2, 0.25) is 0 Å². The van der Waals surface area contributed by atoms with Gasteiger partial charge in [-0.1, -0.05) is 11.8 Å². The summed E-state index contributed by atoms with van der Waals surface area (Å²) in [6.07, 6.45) is 3.39. The zero-order valence-corrected chi connectivity index (χ0v) is 17.5. The minimum absolute atomic E-state index is 0.0956. The van der Waals surface area contributed by atoms with Crippen molar-refractivity contribution in [2.24, 2.45) is 12.1 Å². The Morgan fingerprint density at radius 3 is 2.69 bits per heavy atom. The number of hydrogen-bond acceptors (Lipinski definition) is 8. The Balaban J connectivity index is 1.43. The van der Waals surface area contributed by atoms with E-state index in [9.17, 15) is 0 Å². The van der Waals surface area contributed by atoms with Crippen LogP contribution in [-0.4, -0.2) is 44.4 Å². The van der Waals surface area contributed by atoms with Gasteiger partial charge >= 0.3 is 0 Å². The number of anilines is 1. The Kier molecular flexibility index (Phi) is 5.50. The second kappa shape index (κ2) is 8.22.